The van der Waals surface area contributed by atoms with Crippen LogP contribution >= 0.6 is 34.7 Å². The van der Waals surface area contributed by atoms with E-state index in [-0.39, 0.29) is 0 Å². The summed E-state index contributed by atoms with van der Waals surface area (Å²) in [6, 6.07) is 7.43. The minimum atomic E-state index is 0.553. The molecule has 0 fully saturated rings. The fourth-order valence-corrected chi connectivity index (χ4v) is 3.50. The van der Waals surface area contributed by atoms with Crippen LogP contribution in [0.4, 0.5) is 0 Å². The summed E-state index contributed by atoms with van der Waals surface area (Å²) in [4.78, 5) is 4.41. The van der Waals surface area contributed by atoms with Crippen molar-refractivity contribution < 1.29 is 0 Å². The lowest BCUT2D eigenvalue weighted by Crippen LogP contribution is -2.11. The van der Waals surface area contributed by atoms with Crippen molar-refractivity contribution in [2.24, 2.45) is 0 Å². The van der Waals surface area contributed by atoms with E-state index in [1.807, 2.05) is 30.5 Å². The monoisotopic (exact) mass is 337 g/mol. The first-order chi connectivity index (χ1) is 10.1. The number of halogens is 1. The summed E-state index contributed by atoms with van der Waals surface area (Å²) in [7, 11) is 0. The first-order valence-corrected chi connectivity index (χ1v) is 8.38. The highest BCUT2D eigenvalue weighted by Crippen LogP contribution is 2.28. The van der Waals surface area contributed by atoms with E-state index in [0.29, 0.717) is 21.8 Å². The Kier molecular flexibility index (Phi) is 4.14. The molecular weight excluding hydrogens is 326 g/mol. The molecule has 3 rings (SSSR count). The summed E-state index contributed by atoms with van der Waals surface area (Å²) in [5.74, 6) is 7.33. The van der Waals surface area contributed by atoms with Crippen molar-refractivity contribution >= 4 is 34.7 Å². The zero-order valence-electron chi connectivity index (χ0n) is 11.2. The van der Waals surface area contributed by atoms with E-state index in [2.05, 4.69) is 15.2 Å². The Morgan fingerprint density at radius 2 is 2.14 bits per heavy atom. The predicted molar refractivity (Wildman–Crippen MR) is 87.0 cm³/mol. The Morgan fingerprint density at radius 1 is 1.33 bits per heavy atom. The maximum atomic E-state index is 6.16. The lowest BCUT2D eigenvalue weighted by Gasteiger charge is -2.04. The van der Waals surface area contributed by atoms with Crippen LogP contribution in [0, 0.1) is 6.92 Å². The lowest BCUT2D eigenvalue weighted by atomic mass is 10.2. The van der Waals surface area contributed by atoms with Crippen LogP contribution in [-0.2, 0) is 5.75 Å². The summed E-state index contributed by atoms with van der Waals surface area (Å²) >= 11 is 9.30. The predicted octanol–water partition coefficient (Wildman–Crippen LogP) is 3.37. The van der Waals surface area contributed by atoms with E-state index >= 15 is 0 Å². The van der Waals surface area contributed by atoms with Crippen molar-refractivity contribution in [3.8, 4) is 11.4 Å². The van der Waals surface area contributed by atoms with Gasteiger partial charge in [-0.3, -0.25) is 0 Å². The van der Waals surface area contributed by atoms with Crippen molar-refractivity contribution in [3.05, 3.63) is 45.4 Å². The van der Waals surface area contributed by atoms with Gasteiger partial charge in [-0.2, -0.15) is 0 Å². The van der Waals surface area contributed by atoms with Gasteiger partial charge in [-0.15, -0.1) is 21.5 Å². The van der Waals surface area contributed by atoms with Gasteiger partial charge in [-0.25, -0.2) is 9.66 Å². The van der Waals surface area contributed by atoms with Gasteiger partial charge in [-0.1, -0.05) is 35.5 Å². The van der Waals surface area contributed by atoms with Gasteiger partial charge in [0.1, 0.15) is 0 Å². The van der Waals surface area contributed by atoms with Crippen molar-refractivity contribution in [1.82, 2.24) is 19.9 Å². The molecule has 2 aromatic heterocycles. The molecule has 0 unspecified atom stereocenters. The average molecular weight is 338 g/mol. The molecule has 2 heterocycles. The van der Waals surface area contributed by atoms with Gasteiger partial charge < -0.3 is 5.84 Å². The van der Waals surface area contributed by atoms with Gasteiger partial charge in [0.05, 0.1) is 15.7 Å². The van der Waals surface area contributed by atoms with Crippen LogP contribution < -0.4 is 5.84 Å². The van der Waals surface area contributed by atoms with Crippen LogP contribution in [0.1, 0.15) is 10.7 Å². The Labute approximate surface area is 135 Å². The first kappa shape index (κ1) is 14.4. The molecule has 2 N–H and O–H groups in total. The van der Waals surface area contributed by atoms with E-state index in [9.17, 15) is 0 Å². The topological polar surface area (TPSA) is 69.6 Å². The standard InChI is InChI=1S/C13H12ClN5S2/c1-8-16-9(6-20-8)7-21-13-18-17-12(19(13)15)10-4-2-3-5-11(10)14/h2-6H,7,15H2,1H3. The summed E-state index contributed by atoms with van der Waals surface area (Å²) < 4.78 is 1.46. The third-order valence-electron chi connectivity index (χ3n) is 2.80. The molecule has 0 atom stereocenters. The average Bonchev–Trinajstić information content (AvgIpc) is 3.04. The summed E-state index contributed by atoms with van der Waals surface area (Å²) in [6.07, 6.45) is 0. The largest absolute Gasteiger partial charge is 0.335 e. The Balaban J connectivity index is 1.81. The molecule has 0 bridgehead atoms. The highest BCUT2D eigenvalue weighted by atomic mass is 35.5. The van der Waals surface area contributed by atoms with E-state index in [0.717, 1.165) is 16.3 Å². The molecule has 0 spiro atoms. The normalized spacial score (nSPS) is 11.0. The quantitative estimate of drug-likeness (QED) is 0.584. The molecule has 0 aliphatic carbocycles. The molecule has 0 aliphatic heterocycles. The van der Waals surface area contributed by atoms with Gasteiger partial charge in [0.25, 0.3) is 0 Å². The number of benzene rings is 1. The van der Waals surface area contributed by atoms with Crippen molar-refractivity contribution in [1.29, 1.82) is 0 Å². The fourth-order valence-electron chi connectivity index (χ4n) is 1.81. The summed E-state index contributed by atoms with van der Waals surface area (Å²) in [5, 5.41) is 12.6. The molecule has 5 nitrogen and oxygen atoms in total. The Bertz CT molecular complexity index is 768. The smallest absolute Gasteiger partial charge is 0.210 e. The van der Waals surface area contributed by atoms with Crippen LogP contribution in [0.25, 0.3) is 11.4 Å². The van der Waals surface area contributed by atoms with Gasteiger partial charge in [0.15, 0.2) is 5.82 Å². The number of hydrogen-bond donors (Lipinski definition) is 1. The minimum absolute atomic E-state index is 0.553. The first-order valence-electron chi connectivity index (χ1n) is 6.14. The highest BCUT2D eigenvalue weighted by Gasteiger charge is 2.14. The number of thiazole rings is 1. The van der Waals surface area contributed by atoms with E-state index in [1.165, 1.54) is 16.4 Å². The number of thioether (sulfide) groups is 1. The Morgan fingerprint density at radius 3 is 2.86 bits per heavy atom. The lowest BCUT2D eigenvalue weighted by molar-refractivity contribution is 0.849. The van der Waals surface area contributed by atoms with Crippen LogP contribution in [0.2, 0.25) is 5.02 Å². The summed E-state index contributed by atoms with van der Waals surface area (Å²) in [5.41, 5.74) is 1.79. The second-order valence-corrected chi connectivity index (χ2v) is 6.71. The van der Waals surface area contributed by atoms with Crippen LogP contribution in [0.5, 0.6) is 0 Å². The maximum Gasteiger partial charge on any atom is 0.210 e. The molecule has 0 saturated carbocycles. The number of rotatable bonds is 4. The summed E-state index contributed by atoms with van der Waals surface area (Å²) in [6.45, 7) is 1.99. The molecule has 21 heavy (non-hydrogen) atoms. The molecule has 1 aromatic carbocycles. The molecule has 108 valence electrons. The number of nitrogen functional groups attached to an aromatic ring is 1. The number of aryl methyl sites for hydroxylation is 1. The van der Waals surface area contributed by atoms with Crippen molar-refractivity contribution in [3.63, 3.8) is 0 Å². The third-order valence-corrected chi connectivity index (χ3v) is 4.92. The SMILES string of the molecule is Cc1nc(CSc2nnc(-c3ccccc3Cl)n2N)cs1. The fraction of sp³-hybridized carbons (Fsp3) is 0.154. The van der Waals surface area contributed by atoms with E-state index in [4.69, 9.17) is 17.4 Å². The second-order valence-electron chi connectivity index (χ2n) is 4.30. The van der Waals surface area contributed by atoms with Crippen molar-refractivity contribution in [2.75, 3.05) is 5.84 Å². The Hall–Kier alpha value is -1.57. The van der Waals surface area contributed by atoms with Gasteiger partial charge in [0.2, 0.25) is 5.16 Å². The molecule has 3 aromatic rings. The zero-order chi connectivity index (χ0) is 14.8. The zero-order valence-corrected chi connectivity index (χ0v) is 13.5. The highest BCUT2D eigenvalue weighted by molar-refractivity contribution is 7.98. The van der Waals surface area contributed by atoms with Gasteiger partial charge >= 0.3 is 0 Å². The second kappa shape index (κ2) is 6.05. The van der Waals surface area contributed by atoms with Crippen LogP contribution in [0.15, 0.2) is 34.8 Å². The number of nitrogens with two attached hydrogens (primary N) is 1. The van der Waals surface area contributed by atoms with E-state index in [1.54, 1.807) is 17.4 Å². The number of aromatic nitrogens is 4. The van der Waals surface area contributed by atoms with Gasteiger partial charge in [0, 0.05) is 16.7 Å². The maximum absolute atomic E-state index is 6.16. The molecule has 0 amide bonds. The molecule has 0 radical (unpaired) electrons. The molecule has 0 aliphatic rings. The van der Waals surface area contributed by atoms with Crippen LogP contribution in [0.3, 0.4) is 0 Å². The molecular formula is C13H12ClN5S2. The van der Waals surface area contributed by atoms with E-state index < -0.39 is 0 Å². The molecule has 0 saturated heterocycles. The minimum Gasteiger partial charge on any atom is -0.335 e. The molecule has 8 heteroatoms. The van der Waals surface area contributed by atoms with Crippen molar-refractivity contribution in [2.45, 2.75) is 17.8 Å². The third kappa shape index (κ3) is 3.04. The van der Waals surface area contributed by atoms with Crippen LogP contribution in [-0.4, -0.2) is 19.9 Å². The van der Waals surface area contributed by atoms with Gasteiger partial charge in [-0.05, 0) is 19.1 Å². The number of hydrogen-bond acceptors (Lipinski definition) is 6. The number of nitrogens with zero attached hydrogens (tertiary/aromatic N) is 4.